The van der Waals surface area contributed by atoms with Crippen molar-refractivity contribution in [2.45, 2.75) is 25.9 Å². The van der Waals surface area contributed by atoms with E-state index in [0.29, 0.717) is 25.1 Å². The predicted molar refractivity (Wildman–Crippen MR) is 101 cm³/mol. The Morgan fingerprint density at radius 1 is 1.16 bits per heavy atom. The van der Waals surface area contributed by atoms with Gasteiger partial charge in [-0.1, -0.05) is 29.8 Å². The second kappa shape index (κ2) is 8.14. The number of carbonyl (C=O) groups excluding carboxylic acids is 2. The summed E-state index contributed by atoms with van der Waals surface area (Å²) < 4.78 is 0. The van der Waals surface area contributed by atoms with Gasteiger partial charge in [-0.25, -0.2) is 0 Å². The molecule has 0 saturated carbocycles. The lowest BCUT2D eigenvalue weighted by Crippen LogP contribution is -2.41. The van der Waals surface area contributed by atoms with Crippen LogP contribution in [0.25, 0.3) is 0 Å². The lowest BCUT2D eigenvalue weighted by Gasteiger charge is -2.17. The van der Waals surface area contributed by atoms with E-state index in [1.54, 1.807) is 17.0 Å². The Hall–Kier alpha value is -2.37. The monoisotopic (exact) mass is 359 g/mol. The van der Waals surface area contributed by atoms with Crippen molar-refractivity contribution < 1.29 is 9.59 Å². The first kappa shape index (κ1) is 19.0. The molecule has 5 nitrogen and oxygen atoms in total. The van der Waals surface area contributed by atoms with Gasteiger partial charge in [0.25, 0.3) is 5.91 Å². The third-order valence-corrected chi connectivity index (χ3v) is 4.31. The minimum absolute atomic E-state index is 0. The molecule has 3 N–H and O–H groups in total. The van der Waals surface area contributed by atoms with Crippen LogP contribution < -0.4 is 16.0 Å². The Kier molecular flexibility index (Phi) is 6.17. The summed E-state index contributed by atoms with van der Waals surface area (Å²) in [6, 6.07) is 14.5. The van der Waals surface area contributed by atoms with Crippen LogP contribution >= 0.6 is 12.4 Å². The summed E-state index contributed by atoms with van der Waals surface area (Å²) in [4.78, 5) is 26.6. The highest BCUT2D eigenvalue weighted by molar-refractivity contribution is 6.03. The lowest BCUT2D eigenvalue weighted by molar-refractivity contribution is -0.118. The zero-order chi connectivity index (χ0) is 17.1. The van der Waals surface area contributed by atoms with E-state index in [1.165, 1.54) is 0 Å². The van der Waals surface area contributed by atoms with E-state index < -0.39 is 6.04 Å². The number of hydrogen-bond donors (Lipinski definition) is 2. The van der Waals surface area contributed by atoms with Crippen molar-refractivity contribution in [3.8, 4) is 0 Å². The lowest BCUT2D eigenvalue weighted by atomic mass is 10.1. The molecule has 0 bridgehead atoms. The van der Waals surface area contributed by atoms with Gasteiger partial charge in [0, 0.05) is 24.3 Å². The van der Waals surface area contributed by atoms with E-state index in [0.717, 1.165) is 16.8 Å². The first-order chi connectivity index (χ1) is 11.6. The van der Waals surface area contributed by atoms with Gasteiger partial charge in [0.05, 0.1) is 0 Å². The Morgan fingerprint density at radius 2 is 1.80 bits per heavy atom. The Bertz CT molecular complexity index is 744. The normalized spacial score (nSPS) is 16.5. The number of hydrogen-bond acceptors (Lipinski definition) is 3. The van der Waals surface area contributed by atoms with Crippen molar-refractivity contribution in [2.24, 2.45) is 5.73 Å². The summed E-state index contributed by atoms with van der Waals surface area (Å²) in [5, 5.41) is 2.83. The van der Waals surface area contributed by atoms with Crippen LogP contribution in [0.15, 0.2) is 48.5 Å². The molecule has 2 aromatic carbocycles. The summed E-state index contributed by atoms with van der Waals surface area (Å²) in [6.45, 7) is 3.06. The molecule has 1 aliphatic rings. The number of halogens is 1. The van der Waals surface area contributed by atoms with Crippen molar-refractivity contribution in [3.63, 3.8) is 0 Å². The van der Waals surface area contributed by atoms with E-state index in [2.05, 4.69) is 5.32 Å². The van der Waals surface area contributed by atoms with Gasteiger partial charge in [0.2, 0.25) is 5.91 Å². The molecule has 25 heavy (non-hydrogen) atoms. The van der Waals surface area contributed by atoms with Crippen LogP contribution in [0, 0.1) is 6.92 Å². The van der Waals surface area contributed by atoms with Crippen LogP contribution in [0.4, 0.5) is 5.69 Å². The fraction of sp³-hybridized carbons (Fsp3) is 0.263. The average Bonchev–Trinajstić information content (AvgIpc) is 2.96. The zero-order valence-electron chi connectivity index (χ0n) is 14.1. The molecule has 0 radical (unpaired) electrons. The summed E-state index contributed by atoms with van der Waals surface area (Å²) in [6.07, 6.45) is 0.610. The maximum Gasteiger partial charge on any atom is 0.251 e. The van der Waals surface area contributed by atoms with E-state index in [-0.39, 0.29) is 24.2 Å². The van der Waals surface area contributed by atoms with E-state index in [9.17, 15) is 9.59 Å². The van der Waals surface area contributed by atoms with Crippen LogP contribution in [-0.4, -0.2) is 24.4 Å². The van der Waals surface area contributed by atoms with Gasteiger partial charge >= 0.3 is 0 Å². The van der Waals surface area contributed by atoms with E-state index in [1.807, 2.05) is 43.3 Å². The summed E-state index contributed by atoms with van der Waals surface area (Å²) in [5.41, 5.74) is 9.08. The molecule has 0 spiro atoms. The van der Waals surface area contributed by atoms with Gasteiger partial charge in [-0.05, 0) is 43.2 Å². The fourth-order valence-electron chi connectivity index (χ4n) is 2.83. The second-order valence-electron chi connectivity index (χ2n) is 6.04. The number of benzene rings is 2. The largest absolute Gasteiger partial charge is 0.340 e. The SMILES string of the molecule is Cc1ccc(N2CCC(NC(=O)c3ccc(CN)cc3)C2=O)cc1.Cl. The van der Waals surface area contributed by atoms with Crippen LogP contribution in [0.5, 0.6) is 0 Å². The molecule has 132 valence electrons. The molecule has 1 atom stereocenters. The topological polar surface area (TPSA) is 75.4 Å². The number of nitrogens with two attached hydrogens (primary N) is 1. The number of rotatable bonds is 4. The molecule has 1 fully saturated rings. The molecule has 1 heterocycles. The van der Waals surface area contributed by atoms with Crippen LogP contribution in [-0.2, 0) is 11.3 Å². The van der Waals surface area contributed by atoms with Crippen molar-refractivity contribution in [1.29, 1.82) is 0 Å². The maximum atomic E-state index is 12.6. The van der Waals surface area contributed by atoms with E-state index in [4.69, 9.17) is 5.73 Å². The van der Waals surface area contributed by atoms with Crippen LogP contribution in [0.3, 0.4) is 0 Å². The summed E-state index contributed by atoms with van der Waals surface area (Å²) in [7, 11) is 0. The van der Waals surface area contributed by atoms with Gasteiger partial charge in [-0.3, -0.25) is 9.59 Å². The Balaban J connectivity index is 0.00000225. The quantitative estimate of drug-likeness (QED) is 0.880. The number of nitrogens with zero attached hydrogens (tertiary/aromatic N) is 1. The smallest absolute Gasteiger partial charge is 0.251 e. The summed E-state index contributed by atoms with van der Waals surface area (Å²) in [5.74, 6) is -0.298. The number of anilines is 1. The first-order valence-electron chi connectivity index (χ1n) is 8.06. The van der Waals surface area contributed by atoms with Crippen molar-refractivity contribution >= 4 is 29.9 Å². The highest BCUT2D eigenvalue weighted by Crippen LogP contribution is 2.22. The van der Waals surface area contributed by atoms with Gasteiger partial charge in [0.15, 0.2) is 0 Å². The molecule has 2 amide bonds. The zero-order valence-corrected chi connectivity index (χ0v) is 14.9. The van der Waals surface area contributed by atoms with Crippen LogP contribution in [0.1, 0.15) is 27.9 Å². The van der Waals surface area contributed by atoms with Gasteiger partial charge in [0.1, 0.15) is 6.04 Å². The number of aryl methyl sites for hydroxylation is 1. The molecule has 6 heteroatoms. The standard InChI is InChI=1S/C19H21N3O2.ClH/c1-13-2-8-16(9-3-13)22-11-10-17(19(22)24)21-18(23)15-6-4-14(12-20)5-7-15;/h2-9,17H,10-12,20H2,1H3,(H,21,23);1H. The molecule has 2 aromatic rings. The summed E-state index contributed by atoms with van der Waals surface area (Å²) >= 11 is 0. The second-order valence-corrected chi connectivity index (χ2v) is 6.04. The van der Waals surface area contributed by atoms with Gasteiger partial charge in [-0.2, -0.15) is 0 Å². The van der Waals surface area contributed by atoms with Gasteiger partial charge in [-0.15, -0.1) is 12.4 Å². The molecule has 3 rings (SSSR count). The highest BCUT2D eigenvalue weighted by Gasteiger charge is 2.33. The Labute approximate surface area is 153 Å². The number of carbonyl (C=O) groups is 2. The molecule has 1 aliphatic heterocycles. The average molecular weight is 360 g/mol. The molecule has 0 aromatic heterocycles. The minimum Gasteiger partial charge on any atom is -0.340 e. The fourth-order valence-corrected chi connectivity index (χ4v) is 2.83. The predicted octanol–water partition coefficient (Wildman–Crippen LogP) is 2.41. The maximum absolute atomic E-state index is 12.6. The first-order valence-corrected chi connectivity index (χ1v) is 8.06. The van der Waals surface area contributed by atoms with E-state index >= 15 is 0 Å². The molecule has 1 saturated heterocycles. The number of amides is 2. The van der Waals surface area contributed by atoms with Crippen molar-refractivity contribution in [2.75, 3.05) is 11.4 Å². The third-order valence-electron chi connectivity index (χ3n) is 4.31. The number of nitrogens with one attached hydrogen (secondary N) is 1. The molecule has 0 aliphatic carbocycles. The minimum atomic E-state index is -0.479. The van der Waals surface area contributed by atoms with Crippen molar-refractivity contribution in [3.05, 3.63) is 65.2 Å². The molecular weight excluding hydrogens is 338 g/mol. The molecule has 1 unspecified atom stereocenters. The highest BCUT2D eigenvalue weighted by atomic mass is 35.5. The van der Waals surface area contributed by atoms with Crippen LogP contribution in [0.2, 0.25) is 0 Å². The van der Waals surface area contributed by atoms with Crippen molar-refractivity contribution in [1.82, 2.24) is 5.32 Å². The Morgan fingerprint density at radius 3 is 2.40 bits per heavy atom. The molecular formula is C19H22ClN3O2. The third kappa shape index (κ3) is 4.18. The van der Waals surface area contributed by atoms with Gasteiger partial charge < -0.3 is 16.0 Å².